The van der Waals surface area contributed by atoms with Gasteiger partial charge in [-0.05, 0) is 18.6 Å². The van der Waals surface area contributed by atoms with Gasteiger partial charge in [0.1, 0.15) is 5.15 Å². The summed E-state index contributed by atoms with van der Waals surface area (Å²) in [4.78, 5) is 15.2. The van der Waals surface area contributed by atoms with Crippen LogP contribution in [0, 0.1) is 0 Å². The van der Waals surface area contributed by atoms with E-state index in [4.69, 9.17) is 17.3 Å². The standard InChI is InChI=1S/C9H12ClN3O/c1-2-7(11)9(14)13-6-3-4-12-8(10)5-6/h3-5,7H,2,11H2,1H3,(H,12,13,14)/t7-/m0/s1. The van der Waals surface area contributed by atoms with Gasteiger partial charge in [-0.1, -0.05) is 18.5 Å². The fourth-order valence-corrected chi connectivity index (χ4v) is 1.07. The van der Waals surface area contributed by atoms with Crippen molar-refractivity contribution in [2.45, 2.75) is 19.4 Å². The molecule has 3 N–H and O–H groups in total. The van der Waals surface area contributed by atoms with Crippen LogP contribution in [0.5, 0.6) is 0 Å². The molecule has 0 saturated carbocycles. The maximum atomic E-state index is 11.4. The van der Waals surface area contributed by atoms with Crippen molar-refractivity contribution in [2.24, 2.45) is 5.73 Å². The van der Waals surface area contributed by atoms with Gasteiger partial charge in [0.05, 0.1) is 6.04 Å². The van der Waals surface area contributed by atoms with Crippen molar-refractivity contribution in [1.29, 1.82) is 0 Å². The van der Waals surface area contributed by atoms with Crippen molar-refractivity contribution in [3.63, 3.8) is 0 Å². The third-order valence-corrected chi connectivity index (χ3v) is 1.98. The number of carbonyl (C=O) groups is 1. The normalized spacial score (nSPS) is 12.2. The lowest BCUT2D eigenvalue weighted by molar-refractivity contribution is -0.117. The summed E-state index contributed by atoms with van der Waals surface area (Å²) in [5, 5.41) is 2.99. The first kappa shape index (κ1) is 10.9. The summed E-state index contributed by atoms with van der Waals surface area (Å²) in [6, 6.07) is 2.75. The Hall–Kier alpha value is -1.13. The first-order valence-electron chi connectivity index (χ1n) is 4.31. The Bertz CT molecular complexity index is 330. The average molecular weight is 214 g/mol. The van der Waals surface area contributed by atoms with Crippen molar-refractivity contribution >= 4 is 23.2 Å². The first-order chi connectivity index (χ1) is 6.63. The molecule has 0 aliphatic heterocycles. The number of pyridine rings is 1. The van der Waals surface area contributed by atoms with E-state index in [1.54, 1.807) is 12.1 Å². The third kappa shape index (κ3) is 2.97. The Balaban J connectivity index is 2.65. The van der Waals surface area contributed by atoms with Crippen LogP contribution < -0.4 is 11.1 Å². The lowest BCUT2D eigenvalue weighted by Crippen LogP contribution is -2.34. The quantitative estimate of drug-likeness (QED) is 0.746. The zero-order chi connectivity index (χ0) is 10.6. The highest BCUT2D eigenvalue weighted by Gasteiger charge is 2.10. The summed E-state index contributed by atoms with van der Waals surface area (Å²) in [5.74, 6) is -0.213. The van der Waals surface area contributed by atoms with Crippen molar-refractivity contribution in [3.05, 3.63) is 23.5 Å². The highest BCUT2D eigenvalue weighted by Crippen LogP contribution is 2.11. The lowest BCUT2D eigenvalue weighted by atomic mass is 10.2. The Morgan fingerprint density at radius 1 is 1.79 bits per heavy atom. The second kappa shape index (κ2) is 4.93. The number of aromatic nitrogens is 1. The second-order valence-electron chi connectivity index (χ2n) is 2.87. The van der Waals surface area contributed by atoms with Gasteiger partial charge >= 0.3 is 0 Å². The van der Waals surface area contributed by atoms with E-state index in [0.717, 1.165) is 0 Å². The molecule has 1 heterocycles. The average Bonchev–Trinajstić information content (AvgIpc) is 2.16. The number of nitrogens with zero attached hydrogens (tertiary/aromatic N) is 1. The molecule has 1 aromatic heterocycles. The van der Waals surface area contributed by atoms with Gasteiger partial charge in [-0.2, -0.15) is 0 Å². The monoisotopic (exact) mass is 213 g/mol. The molecule has 14 heavy (non-hydrogen) atoms. The Labute approximate surface area is 87.5 Å². The number of halogens is 1. The maximum absolute atomic E-state index is 11.4. The van der Waals surface area contributed by atoms with Gasteiger partial charge < -0.3 is 11.1 Å². The van der Waals surface area contributed by atoms with Gasteiger partial charge in [0, 0.05) is 11.9 Å². The SMILES string of the molecule is CC[C@H](N)C(=O)Nc1ccnc(Cl)c1. The summed E-state index contributed by atoms with van der Waals surface area (Å²) in [7, 11) is 0. The molecule has 0 aliphatic rings. The van der Waals surface area contributed by atoms with Crippen LogP contribution in [0.1, 0.15) is 13.3 Å². The molecule has 1 aromatic rings. The van der Waals surface area contributed by atoms with Gasteiger partial charge in [0.25, 0.3) is 0 Å². The fourth-order valence-electron chi connectivity index (χ4n) is 0.901. The number of nitrogens with one attached hydrogen (secondary N) is 1. The lowest BCUT2D eigenvalue weighted by Gasteiger charge is -2.09. The number of nitrogens with two attached hydrogens (primary N) is 1. The van der Waals surface area contributed by atoms with E-state index in [0.29, 0.717) is 17.3 Å². The van der Waals surface area contributed by atoms with Gasteiger partial charge in [-0.3, -0.25) is 4.79 Å². The van der Waals surface area contributed by atoms with E-state index in [1.807, 2.05) is 6.92 Å². The highest BCUT2D eigenvalue weighted by molar-refractivity contribution is 6.29. The summed E-state index contributed by atoms with van der Waals surface area (Å²) in [6.45, 7) is 1.85. The number of amides is 1. The number of hydrogen-bond acceptors (Lipinski definition) is 3. The predicted octanol–water partition coefficient (Wildman–Crippen LogP) is 1.41. The van der Waals surface area contributed by atoms with Crippen molar-refractivity contribution in [3.8, 4) is 0 Å². The minimum absolute atomic E-state index is 0.213. The van der Waals surface area contributed by atoms with E-state index >= 15 is 0 Å². The molecule has 0 aliphatic carbocycles. The molecule has 0 spiro atoms. The molecule has 0 unspecified atom stereocenters. The van der Waals surface area contributed by atoms with E-state index in [-0.39, 0.29) is 5.91 Å². The maximum Gasteiger partial charge on any atom is 0.241 e. The molecular weight excluding hydrogens is 202 g/mol. The van der Waals surface area contributed by atoms with Crippen molar-refractivity contribution in [2.75, 3.05) is 5.32 Å². The Kier molecular flexibility index (Phi) is 3.85. The zero-order valence-corrected chi connectivity index (χ0v) is 8.58. The molecule has 76 valence electrons. The number of anilines is 1. The topological polar surface area (TPSA) is 68.0 Å². The summed E-state index contributed by atoms with van der Waals surface area (Å²) in [5.41, 5.74) is 6.15. The molecule has 0 aromatic carbocycles. The molecule has 0 radical (unpaired) electrons. The summed E-state index contributed by atoms with van der Waals surface area (Å²) in [6.07, 6.45) is 2.13. The predicted molar refractivity (Wildman–Crippen MR) is 56.1 cm³/mol. The van der Waals surface area contributed by atoms with Gasteiger partial charge in [-0.15, -0.1) is 0 Å². The van der Waals surface area contributed by atoms with E-state index in [2.05, 4.69) is 10.3 Å². The van der Waals surface area contributed by atoms with Crippen molar-refractivity contribution in [1.82, 2.24) is 4.98 Å². The first-order valence-corrected chi connectivity index (χ1v) is 4.69. The third-order valence-electron chi connectivity index (χ3n) is 1.77. The summed E-state index contributed by atoms with van der Waals surface area (Å²) < 4.78 is 0. The van der Waals surface area contributed by atoms with Crippen LogP contribution in [0.15, 0.2) is 18.3 Å². The van der Waals surface area contributed by atoms with Crippen LogP contribution in [-0.4, -0.2) is 16.9 Å². The van der Waals surface area contributed by atoms with Crippen LogP contribution in [0.25, 0.3) is 0 Å². The van der Waals surface area contributed by atoms with Gasteiger partial charge in [-0.25, -0.2) is 4.98 Å². The van der Waals surface area contributed by atoms with Crippen molar-refractivity contribution < 1.29 is 4.79 Å². The molecule has 1 atom stereocenters. The minimum atomic E-state index is -0.484. The highest BCUT2D eigenvalue weighted by atomic mass is 35.5. The fraction of sp³-hybridized carbons (Fsp3) is 0.333. The summed E-state index contributed by atoms with van der Waals surface area (Å²) >= 11 is 5.65. The number of rotatable bonds is 3. The smallest absolute Gasteiger partial charge is 0.241 e. The molecule has 0 fully saturated rings. The van der Waals surface area contributed by atoms with E-state index < -0.39 is 6.04 Å². The van der Waals surface area contributed by atoms with Crippen LogP contribution in [0.2, 0.25) is 5.15 Å². The minimum Gasteiger partial charge on any atom is -0.325 e. The molecule has 5 heteroatoms. The zero-order valence-electron chi connectivity index (χ0n) is 7.83. The Morgan fingerprint density at radius 3 is 3.07 bits per heavy atom. The number of carbonyl (C=O) groups excluding carboxylic acids is 1. The van der Waals surface area contributed by atoms with Crippen LogP contribution in [0.3, 0.4) is 0 Å². The number of hydrogen-bond donors (Lipinski definition) is 2. The van der Waals surface area contributed by atoms with E-state index in [1.165, 1.54) is 6.20 Å². The van der Waals surface area contributed by atoms with Crippen LogP contribution >= 0.6 is 11.6 Å². The Morgan fingerprint density at radius 2 is 2.50 bits per heavy atom. The molecule has 1 amide bonds. The molecular formula is C9H12ClN3O. The van der Waals surface area contributed by atoms with Gasteiger partial charge in [0.2, 0.25) is 5.91 Å². The molecule has 0 saturated heterocycles. The molecule has 1 rings (SSSR count). The van der Waals surface area contributed by atoms with E-state index in [9.17, 15) is 4.79 Å². The molecule has 4 nitrogen and oxygen atoms in total. The second-order valence-corrected chi connectivity index (χ2v) is 3.26. The molecule has 0 bridgehead atoms. The van der Waals surface area contributed by atoms with Crippen LogP contribution in [0.4, 0.5) is 5.69 Å². The van der Waals surface area contributed by atoms with Gasteiger partial charge in [0.15, 0.2) is 0 Å². The van der Waals surface area contributed by atoms with Crippen LogP contribution in [-0.2, 0) is 4.79 Å². The largest absolute Gasteiger partial charge is 0.325 e.